The zero-order valence-electron chi connectivity index (χ0n) is 9.18. The number of hydrogen-bond acceptors (Lipinski definition) is 3. The summed E-state index contributed by atoms with van der Waals surface area (Å²) in [5.74, 6) is 3.81. The van der Waals surface area contributed by atoms with Crippen LogP contribution in [0.15, 0.2) is 6.07 Å². The maximum atomic E-state index is 6.05. The fourth-order valence-corrected chi connectivity index (χ4v) is 3.53. The van der Waals surface area contributed by atoms with Crippen molar-refractivity contribution in [2.45, 2.75) is 12.8 Å². The summed E-state index contributed by atoms with van der Waals surface area (Å²) >= 11 is 19.8. The van der Waals surface area contributed by atoms with E-state index < -0.39 is 0 Å². The summed E-state index contributed by atoms with van der Waals surface area (Å²) in [6, 6.07) is 1.62. The predicted molar refractivity (Wildman–Crippen MR) is 77.8 cm³/mol. The fourth-order valence-electron chi connectivity index (χ4n) is 1.76. The molecule has 94 valence electrons. The first-order chi connectivity index (χ1) is 8.16. The minimum absolute atomic E-state index is 0.290. The highest BCUT2D eigenvalue weighted by atomic mass is 35.5. The first kappa shape index (κ1) is 13.6. The largest absolute Gasteiger partial charge is 0.369 e. The average molecular weight is 312 g/mol. The number of halogens is 3. The second-order valence-corrected chi connectivity index (χ2v) is 6.43. The number of pyridine rings is 1. The number of thioether (sulfide) groups is 1. The van der Waals surface area contributed by atoms with Gasteiger partial charge in [-0.25, -0.2) is 4.98 Å². The minimum Gasteiger partial charge on any atom is -0.369 e. The summed E-state index contributed by atoms with van der Waals surface area (Å²) in [6.07, 6.45) is 2.49. The molecule has 1 aromatic heterocycles. The molecule has 2 rings (SSSR count). The molecular formula is C11H13Cl3N2S. The first-order valence-electron chi connectivity index (χ1n) is 5.50. The Hall–Kier alpha value is 0.170. The lowest BCUT2D eigenvalue weighted by molar-refractivity contribution is 0.515. The second kappa shape index (κ2) is 6.37. The van der Waals surface area contributed by atoms with Gasteiger partial charge in [-0.1, -0.05) is 34.8 Å². The van der Waals surface area contributed by atoms with E-state index in [1.165, 1.54) is 24.3 Å². The van der Waals surface area contributed by atoms with E-state index in [0.29, 0.717) is 21.8 Å². The Morgan fingerprint density at radius 3 is 2.65 bits per heavy atom. The van der Waals surface area contributed by atoms with Gasteiger partial charge in [0.2, 0.25) is 0 Å². The molecule has 0 spiro atoms. The zero-order chi connectivity index (χ0) is 12.3. The normalized spacial score (nSPS) is 17.1. The van der Waals surface area contributed by atoms with Gasteiger partial charge in [0.15, 0.2) is 0 Å². The minimum atomic E-state index is 0.290. The van der Waals surface area contributed by atoms with Crippen LogP contribution in [0.1, 0.15) is 12.8 Å². The molecule has 1 N–H and O–H groups in total. The van der Waals surface area contributed by atoms with Crippen LogP contribution in [0.4, 0.5) is 5.82 Å². The Morgan fingerprint density at radius 1 is 1.24 bits per heavy atom. The monoisotopic (exact) mass is 310 g/mol. The van der Waals surface area contributed by atoms with Gasteiger partial charge in [-0.15, -0.1) is 0 Å². The summed E-state index contributed by atoms with van der Waals surface area (Å²) < 4.78 is 0. The van der Waals surface area contributed by atoms with E-state index in [2.05, 4.69) is 10.3 Å². The molecule has 2 nitrogen and oxygen atoms in total. The summed E-state index contributed by atoms with van der Waals surface area (Å²) in [7, 11) is 0. The van der Waals surface area contributed by atoms with Crippen LogP contribution < -0.4 is 5.32 Å². The number of aromatic nitrogens is 1. The third-order valence-electron chi connectivity index (χ3n) is 2.79. The van der Waals surface area contributed by atoms with Crippen LogP contribution in [0.5, 0.6) is 0 Å². The van der Waals surface area contributed by atoms with Gasteiger partial charge in [-0.3, -0.25) is 0 Å². The third-order valence-corrected chi connectivity index (χ3v) is 4.80. The molecule has 0 unspecified atom stereocenters. The van der Waals surface area contributed by atoms with Crippen LogP contribution in [0.25, 0.3) is 0 Å². The summed E-state index contributed by atoms with van der Waals surface area (Å²) in [5.41, 5.74) is 0. The Morgan fingerprint density at radius 2 is 1.94 bits per heavy atom. The Labute approximate surface area is 120 Å². The lowest BCUT2D eigenvalue weighted by atomic mass is 10.0. The molecule has 6 heteroatoms. The van der Waals surface area contributed by atoms with E-state index in [1.807, 2.05) is 11.8 Å². The third kappa shape index (κ3) is 3.82. The van der Waals surface area contributed by atoms with Gasteiger partial charge >= 0.3 is 0 Å². The van der Waals surface area contributed by atoms with Crippen LogP contribution in [0.3, 0.4) is 0 Å². The lowest BCUT2D eigenvalue weighted by Gasteiger charge is -2.22. The molecule has 0 saturated carbocycles. The molecule has 0 atom stereocenters. The molecule has 1 aliphatic rings. The van der Waals surface area contributed by atoms with Crippen LogP contribution in [0.2, 0.25) is 15.2 Å². The zero-order valence-corrected chi connectivity index (χ0v) is 12.3. The molecule has 0 aliphatic carbocycles. The summed E-state index contributed by atoms with van der Waals surface area (Å²) in [4.78, 5) is 4.14. The van der Waals surface area contributed by atoms with Gasteiger partial charge < -0.3 is 5.32 Å². The van der Waals surface area contributed by atoms with E-state index in [4.69, 9.17) is 34.8 Å². The van der Waals surface area contributed by atoms with E-state index in [9.17, 15) is 0 Å². The van der Waals surface area contributed by atoms with Crippen molar-refractivity contribution in [1.82, 2.24) is 4.98 Å². The summed E-state index contributed by atoms with van der Waals surface area (Å²) in [6.45, 7) is 0.894. The van der Waals surface area contributed by atoms with Crippen LogP contribution in [-0.4, -0.2) is 23.0 Å². The second-order valence-electron chi connectivity index (χ2n) is 4.03. The molecule has 1 aliphatic heterocycles. The summed E-state index contributed by atoms with van der Waals surface area (Å²) in [5, 5.41) is 4.45. The molecule has 1 fully saturated rings. The predicted octanol–water partition coefficient (Wildman–Crippen LogP) is 4.60. The van der Waals surface area contributed by atoms with Crippen molar-refractivity contribution < 1.29 is 0 Å². The Bertz CT molecular complexity index is 395. The van der Waals surface area contributed by atoms with Crippen molar-refractivity contribution in [3.05, 3.63) is 21.3 Å². The van der Waals surface area contributed by atoms with E-state index in [-0.39, 0.29) is 5.15 Å². The van der Waals surface area contributed by atoms with Gasteiger partial charge in [0.25, 0.3) is 0 Å². The highest BCUT2D eigenvalue weighted by Gasteiger charge is 2.14. The van der Waals surface area contributed by atoms with Crippen LogP contribution in [0, 0.1) is 5.92 Å². The number of hydrogen-bond donors (Lipinski definition) is 1. The van der Waals surface area contributed by atoms with E-state index in [1.54, 1.807) is 6.07 Å². The van der Waals surface area contributed by atoms with Gasteiger partial charge in [0, 0.05) is 6.54 Å². The number of rotatable bonds is 3. The smallest absolute Gasteiger partial charge is 0.150 e. The standard InChI is InChI=1S/C11H13Cl3N2S/c12-8-5-9(13)11(16-10(8)14)15-6-7-1-3-17-4-2-7/h5,7H,1-4,6H2,(H,15,16). The molecule has 17 heavy (non-hydrogen) atoms. The van der Waals surface area contributed by atoms with Gasteiger partial charge in [0.1, 0.15) is 11.0 Å². The number of nitrogens with zero attached hydrogens (tertiary/aromatic N) is 1. The van der Waals surface area contributed by atoms with Gasteiger partial charge in [-0.2, -0.15) is 11.8 Å². The van der Waals surface area contributed by atoms with E-state index in [0.717, 1.165) is 6.54 Å². The molecule has 0 aromatic carbocycles. The molecule has 0 bridgehead atoms. The Kier molecular flexibility index (Phi) is 5.10. The van der Waals surface area contributed by atoms with Crippen molar-refractivity contribution in [3.8, 4) is 0 Å². The van der Waals surface area contributed by atoms with Gasteiger partial charge in [0.05, 0.1) is 10.0 Å². The van der Waals surface area contributed by atoms with Crippen LogP contribution >= 0.6 is 46.6 Å². The van der Waals surface area contributed by atoms with Crippen molar-refractivity contribution >= 4 is 52.4 Å². The fraction of sp³-hybridized carbons (Fsp3) is 0.545. The molecular weight excluding hydrogens is 299 g/mol. The SMILES string of the molecule is Clc1cc(Cl)c(NCC2CCSCC2)nc1Cl. The van der Waals surface area contributed by atoms with Crippen molar-refractivity contribution in [3.63, 3.8) is 0 Å². The molecule has 2 heterocycles. The molecule has 0 amide bonds. The quantitative estimate of drug-likeness (QED) is 0.826. The van der Waals surface area contributed by atoms with Crippen molar-refractivity contribution in [2.75, 3.05) is 23.4 Å². The van der Waals surface area contributed by atoms with Crippen molar-refractivity contribution in [1.29, 1.82) is 0 Å². The topological polar surface area (TPSA) is 24.9 Å². The number of anilines is 1. The lowest BCUT2D eigenvalue weighted by Crippen LogP contribution is -2.19. The van der Waals surface area contributed by atoms with Crippen molar-refractivity contribution in [2.24, 2.45) is 5.92 Å². The molecule has 1 aromatic rings. The average Bonchev–Trinajstić information content (AvgIpc) is 2.33. The maximum Gasteiger partial charge on any atom is 0.150 e. The Balaban J connectivity index is 1.96. The van der Waals surface area contributed by atoms with E-state index >= 15 is 0 Å². The first-order valence-corrected chi connectivity index (χ1v) is 7.79. The highest BCUT2D eigenvalue weighted by molar-refractivity contribution is 7.99. The maximum absolute atomic E-state index is 6.05. The number of nitrogens with one attached hydrogen (secondary N) is 1. The molecule has 1 saturated heterocycles. The van der Waals surface area contributed by atoms with Gasteiger partial charge in [-0.05, 0) is 36.3 Å². The molecule has 0 radical (unpaired) electrons. The highest BCUT2D eigenvalue weighted by Crippen LogP contribution is 2.29. The van der Waals surface area contributed by atoms with Crippen LogP contribution in [-0.2, 0) is 0 Å².